The Hall–Kier alpha value is -0.900. The summed E-state index contributed by atoms with van der Waals surface area (Å²) in [7, 11) is 2.09. The predicted molar refractivity (Wildman–Crippen MR) is 71.2 cm³/mol. The van der Waals surface area contributed by atoms with E-state index < -0.39 is 0 Å². The Bertz CT molecular complexity index is 390. The van der Waals surface area contributed by atoms with Gasteiger partial charge in [0.05, 0.1) is 0 Å². The fourth-order valence-electron chi connectivity index (χ4n) is 3.64. The van der Waals surface area contributed by atoms with Crippen molar-refractivity contribution in [2.75, 3.05) is 7.05 Å². The van der Waals surface area contributed by atoms with Crippen LogP contribution in [0.3, 0.4) is 0 Å². The third kappa shape index (κ3) is 2.30. The van der Waals surface area contributed by atoms with E-state index in [2.05, 4.69) is 34.1 Å². The molecule has 4 nitrogen and oxygen atoms in total. The summed E-state index contributed by atoms with van der Waals surface area (Å²) in [6.07, 6.45) is 8.20. The van der Waals surface area contributed by atoms with Crippen LogP contribution in [-0.4, -0.2) is 27.9 Å². The number of nitrogens with one attached hydrogen (secondary N) is 1. The topological polar surface area (TPSA) is 42.7 Å². The number of nitrogens with zero attached hydrogens (tertiary/aromatic N) is 3. The predicted octanol–water partition coefficient (Wildman–Crippen LogP) is 1.86. The molecule has 0 spiro atoms. The Morgan fingerprint density at radius 2 is 2.17 bits per heavy atom. The van der Waals surface area contributed by atoms with E-state index in [0.29, 0.717) is 6.04 Å². The van der Waals surface area contributed by atoms with E-state index in [-0.39, 0.29) is 0 Å². The maximum absolute atomic E-state index is 4.44. The summed E-state index contributed by atoms with van der Waals surface area (Å²) >= 11 is 0. The first-order valence-electron chi connectivity index (χ1n) is 7.35. The van der Waals surface area contributed by atoms with Gasteiger partial charge in [-0.15, -0.1) is 0 Å². The zero-order valence-corrected chi connectivity index (χ0v) is 11.5. The number of aryl methyl sites for hydroxylation is 1. The van der Waals surface area contributed by atoms with Crippen LogP contribution in [-0.2, 0) is 13.0 Å². The number of hydrogen-bond acceptors (Lipinski definition) is 3. The molecule has 0 saturated heterocycles. The molecule has 4 heteroatoms. The van der Waals surface area contributed by atoms with Gasteiger partial charge in [0.1, 0.15) is 12.2 Å². The first-order valence-corrected chi connectivity index (χ1v) is 7.35. The molecular formula is C14H24N4. The van der Waals surface area contributed by atoms with Crippen LogP contribution in [0.15, 0.2) is 6.33 Å². The van der Waals surface area contributed by atoms with Crippen molar-refractivity contribution < 1.29 is 0 Å². The summed E-state index contributed by atoms with van der Waals surface area (Å²) in [5.41, 5.74) is 0. The van der Waals surface area contributed by atoms with Crippen molar-refractivity contribution >= 4 is 0 Å². The van der Waals surface area contributed by atoms with Crippen molar-refractivity contribution in [1.82, 2.24) is 20.1 Å². The van der Waals surface area contributed by atoms with Crippen LogP contribution in [0.5, 0.6) is 0 Å². The highest BCUT2D eigenvalue weighted by Crippen LogP contribution is 2.55. The lowest BCUT2D eigenvalue weighted by atomic mass is 9.92. The van der Waals surface area contributed by atoms with Crippen molar-refractivity contribution in [3.8, 4) is 0 Å². The fraction of sp³-hybridized carbons (Fsp3) is 0.857. The van der Waals surface area contributed by atoms with Gasteiger partial charge in [-0.05, 0) is 50.5 Å². The summed E-state index contributed by atoms with van der Waals surface area (Å²) in [6.45, 7) is 3.17. The molecule has 1 heterocycles. The van der Waals surface area contributed by atoms with Gasteiger partial charge in [-0.2, -0.15) is 5.10 Å². The normalized spacial score (nSPS) is 31.3. The number of aromatic nitrogens is 3. The van der Waals surface area contributed by atoms with Crippen LogP contribution in [0, 0.1) is 17.8 Å². The van der Waals surface area contributed by atoms with E-state index in [9.17, 15) is 0 Å². The Labute approximate surface area is 109 Å². The molecule has 0 radical (unpaired) electrons. The van der Waals surface area contributed by atoms with Gasteiger partial charge in [0.2, 0.25) is 0 Å². The lowest BCUT2D eigenvalue weighted by Crippen LogP contribution is -2.36. The third-order valence-corrected chi connectivity index (χ3v) is 4.75. The quantitative estimate of drug-likeness (QED) is 0.835. The average molecular weight is 248 g/mol. The second-order valence-electron chi connectivity index (χ2n) is 5.99. The minimum Gasteiger partial charge on any atom is -0.316 e. The van der Waals surface area contributed by atoms with Gasteiger partial charge in [0, 0.05) is 19.0 Å². The average Bonchev–Trinajstić information content (AvgIpc) is 2.79. The fourth-order valence-corrected chi connectivity index (χ4v) is 3.64. The van der Waals surface area contributed by atoms with Crippen LogP contribution in [0.1, 0.15) is 38.4 Å². The van der Waals surface area contributed by atoms with Gasteiger partial charge in [0.15, 0.2) is 0 Å². The zero-order valence-electron chi connectivity index (χ0n) is 11.5. The maximum Gasteiger partial charge on any atom is 0.138 e. The highest BCUT2D eigenvalue weighted by Gasteiger charge is 2.47. The lowest BCUT2D eigenvalue weighted by molar-refractivity contribution is 0.340. The summed E-state index contributed by atoms with van der Waals surface area (Å²) in [5.74, 6) is 4.11. The maximum atomic E-state index is 4.44. The molecule has 100 valence electrons. The minimum absolute atomic E-state index is 0.581. The number of hydrogen-bond donors (Lipinski definition) is 1. The molecule has 2 aliphatic carbocycles. The summed E-state index contributed by atoms with van der Waals surface area (Å²) in [6, 6.07) is 0.581. The Balaban J connectivity index is 1.63. The smallest absolute Gasteiger partial charge is 0.138 e. The van der Waals surface area contributed by atoms with E-state index in [1.165, 1.54) is 19.3 Å². The van der Waals surface area contributed by atoms with Crippen LogP contribution < -0.4 is 5.32 Å². The summed E-state index contributed by atoms with van der Waals surface area (Å²) < 4.78 is 2.07. The first kappa shape index (κ1) is 12.2. The number of fused-ring (bicyclic) bond motifs is 1. The molecule has 3 atom stereocenters. The second kappa shape index (κ2) is 5.00. The van der Waals surface area contributed by atoms with Gasteiger partial charge in [0.25, 0.3) is 0 Å². The molecule has 1 aromatic rings. The molecule has 2 fully saturated rings. The van der Waals surface area contributed by atoms with Gasteiger partial charge >= 0.3 is 0 Å². The molecule has 0 bridgehead atoms. The molecule has 2 aliphatic rings. The summed E-state index contributed by atoms with van der Waals surface area (Å²) in [4.78, 5) is 4.44. The molecule has 3 unspecified atom stereocenters. The molecule has 0 aliphatic heterocycles. The van der Waals surface area contributed by atoms with Crippen molar-refractivity contribution in [2.45, 2.75) is 51.6 Å². The van der Waals surface area contributed by atoms with E-state index in [1.807, 2.05) is 0 Å². The SMILES string of the molecule is CCCn1ncnc1CC(NC)C1CC2CC2C1. The highest BCUT2D eigenvalue weighted by atomic mass is 15.3. The van der Waals surface area contributed by atoms with Gasteiger partial charge in [-0.3, -0.25) is 4.68 Å². The lowest BCUT2D eigenvalue weighted by Gasteiger charge is -2.24. The molecule has 18 heavy (non-hydrogen) atoms. The van der Waals surface area contributed by atoms with Gasteiger partial charge < -0.3 is 5.32 Å². The largest absolute Gasteiger partial charge is 0.316 e. The van der Waals surface area contributed by atoms with Crippen molar-refractivity contribution in [3.05, 3.63) is 12.2 Å². The molecule has 0 amide bonds. The van der Waals surface area contributed by atoms with E-state index in [4.69, 9.17) is 0 Å². The van der Waals surface area contributed by atoms with Crippen LogP contribution in [0.4, 0.5) is 0 Å². The summed E-state index contributed by atoms with van der Waals surface area (Å²) in [5, 5.41) is 7.83. The molecule has 1 aromatic heterocycles. The van der Waals surface area contributed by atoms with Crippen molar-refractivity contribution in [3.63, 3.8) is 0 Å². The minimum atomic E-state index is 0.581. The van der Waals surface area contributed by atoms with Gasteiger partial charge in [-0.1, -0.05) is 6.92 Å². The Morgan fingerprint density at radius 1 is 1.39 bits per heavy atom. The van der Waals surface area contributed by atoms with E-state index >= 15 is 0 Å². The molecule has 2 saturated carbocycles. The van der Waals surface area contributed by atoms with Crippen LogP contribution in [0.25, 0.3) is 0 Å². The van der Waals surface area contributed by atoms with Gasteiger partial charge in [-0.25, -0.2) is 4.98 Å². The monoisotopic (exact) mass is 248 g/mol. The standard InChI is InChI=1S/C14H24N4/c1-3-4-18-14(16-9-17-18)8-13(15-2)12-6-10-5-11(10)7-12/h9-13,15H,3-8H2,1-2H3. The Morgan fingerprint density at radius 3 is 2.83 bits per heavy atom. The highest BCUT2D eigenvalue weighted by molar-refractivity contribution is 5.01. The molecule has 0 aromatic carbocycles. The molecular weight excluding hydrogens is 224 g/mol. The Kier molecular flexibility index (Phi) is 3.37. The molecule has 3 rings (SSSR count). The van der Waals surface area contributed by atoms with Crippen molar-refractivity contribution in [2.24, 2.45) is 17.8 Å². The second-order valence-corrected chi connectivity index (χ2v) is 5.99. The first-order chi connectivity index (χ1) is 8.81. The van der Waals surface area contributed by atoms with Crippen molar-refractivity contribution in [1.29, 1.82) is 0 Å². The van der Waals surface area contributed by atoms with E-state index in [0.717, 1.165) is 43.0 Å². The number of likely N-dealkylation sites (N-methyl/N-ethyl adjacent to an activating group) is 1. The third-order valence-electron chi connectivity index (χ3n) is 4.75. The number of rotatable bonds is 6. The zero-order chi connectivity index (χ0) is 12.5. The van der Waals surface area contributed by atoms with E-state index in [1.54, 1.807) is 6.33 Å². The van der Waals surface area contributed by atoms with Crippen LogP contribution >= 0.6 is 0 Å². The molecule has 1 N–H and O–H groups in total. The van der Waals surface area contributed by atoms with Crippen LogP contribution in [0.2, 0.25) is 0 Å².